The number of nitrogens with zero attached hydrogens (tertiary/aromatic N) is 1. The van der Waals surface area contributed by atoms with E-state index in [1.807, 2.05) is 6.92 Å². The number of hydrogen-bond acceptors (Lipinski definition) is 2. The molecule has 0 aliphatic carbocycles. The standard InChI is InChI=1S/C9H18F3N3O/c1-2-16-7-3-5-14-8(13)15-6-4-9(10,11)12/h2-7H2,1H3,(H3,13,14,15). The Morgan fingerprint density at radius 1 is 1.44 bits per heavy atom. The third kappa shape index (κ3) is 11.1. The molecule has 0 atom stereocenters. The van der Waals surface area contributed by atoms with E-state index in [1.165, 1.54) is 0 Å². The van der Waals surface area contributed by atoms with Crippen molar-refractivity contribution in [2.75, 3.05) is 26.3 Å². The van der Waals surface area contributed by atoms with Gasteiger partial charge in [0.25, 0.3) is 0 Å². The van der Waals surface area contributed by atoms with Crippen molar-refractivity contribution in [3.8, 4) is 0 Å². The van der Waals surface area contributed by atoms with Gasteiger partial charge in [-0.1, -0.05) is 0 Å². The maximum atomic E-state index is 11.8. The zero-order valence-electron chi connectivity index (χ0n) is 9.31. The molecule has 4 nitrogen and oxygen atoms in total. The van der Waals surface area contributed by atoms with E-state index in [0.29, 0.717) is 26.2 Å². The second kappa shape index (κ2) is 8.20. The molecule has 16 heavy (non-hydrogen) atoms. The number of ether oxygens (including phenoxy) is 1. The maximum absolute atomic E-state index is 11.8. The van der Waals surface area contributed by atoms with Crippen LogP contribution in [-0.4, -0.2) is 38.4 Å². The molecule has 0 saturated carbocycles. The fraction of sp³-hybridized carbons (Fsp3) is 0.889. The molecule has 7 heteroatoms. The fourth-order valence-electron chi connectivity index (χ4n) is 0.899. The summed E-state index contributed by atoms with van der Waals surface area (Å²) < 4.78 is 40.3. The molecule has 0 radical (unpaired) electrons. The quantitative estimate of drug-likeness (QED) is 0.401. The van der Waals surface area contributed by atoms with Gasteiger partial charge in [-0.15, -0.1) is 0 Å². The summed E-state index contributed by atoms with van der Waals surface area (Å²) in [6.45, 7) is 3.31. The lowest BCUT2D eigenvalue weighted by Crippen LogP contribution is -2.34. The topological polar surface area (TPSA) is 59.6 Å². The summed E-state index contributed by atoms with van der Waals surface area (Å²) in [5.74, 6) is 0.0424. The number of aliphatic imine (C=N–C) groups is 1. The molecule has 0 aliphatic heterocycles. The first-order valence-electron chi connectivity index (χ1n) is 5.14. The van der Waals surface area contributed by atoms with Crippen LogP contribution < -0.4 is 11.1 Å². The third-order valence-corrected chi connectivity index (χ3v) is 1.65. The smallest absolute Gasteiger partial charge is 0.382 e. The first-order valence-corrected chi connectivity index (χ1v) is 5.14. The first-order chi connectivity index (χ1) is 7.45. The van der Waals surface area contributed by atoms with Crippen molar-refractivity contribution >= 4 is 5.96 Å². The van der Waals surface area contributed by atoms with Crippen molar-refractivity contribution in [1.29, 1.82) is 0 Å². The summed E-state index contributed by atoms with van der Waals surface area (Å²) in [5, 5.41) is 2.40. The molecule has 0 spiro atoms. The van der Waals surface area contributed by atoms with E-state index in [0.717, 1.165) is 0 Å². The highest BCUT2D eigenvalue weighted by Gasteiger charge is 2.26. The minimum atomic E-state index is -4.16. The minimum Gasteiger partial charge on any atom is -0.382 e. The van der Waals surface area contributed by atoms with Gasteiger partial charge in [-0.05, 0) is 13.3 Å². The van der Waals surface area contributed by atoms with Crippen molar-refractivity contribution in [2.24, 2.45) is 10.7 Å². The lowest BCUT2D eigenvalue weighted by atomic mass is 10.4. The zero-order chi connectivity index (χ0) is 12.4. The van der Waals surface area contributed by atoms with E-state index in [4.69, 9.17) is 10.5 Å². The molecule has 0 bridgehead atoms. The molecule has 0 aromatic carbocycles. The number of rotatable bonds is 7. The van der Waals surface area contributed by atoms with Crippen LogP contribution in [0.5, 0.6) is 0 Å². The largest absolute Gasteiger partial charge is 0.390 e. The van der Waals surface area contributed by atoms with Crippen LogP contribution in [0.1, 0.15) is 19.8 Å². The molecule has 0 fully saturated rings. The van der Waals surface area contributed by atoms with Crippen molar-refractivity contribution in [2.45, 2.75) is 25.9 Å². The van der Waals surface area contributed by atoms with Crippen molar-refractivity contribution in [3.63, 3.8) is 0 Å². The monoisotopic (exact) mass is 241 g/mol. The van der Waals surface area contributed by atoms with Crippen molar-refractivity contribution < 1.29 is 17.9 Å². The SMILES string of the molecule is CCOCCCN=C(N)NCCC(F)(F)F. The summed E-state index contributed by atoms with van der Waals surface area (Å²) >= 11 is 0. The molecule has 0 rings (SSSR count). The van der Waals surface area contributed by atoms with Crippen LogP contribution in [-0.2, 0) is 4.74 Å². The Balaban J connectivity index is 3.48. The van der Waals surface area contributed by atoms with Gasteiger partial charge in [0.1, 0.15) is 0 Å². The lowest BCUT2D eigenvalue weighted by molar-refractivity contribution is -0.132. The zero-order valence-corrected chi connectivity index (χ0v) is 9.31. The molecule has 0 unspecified atom stereocenters. The van der Waals surface area contributed by atoms with Crippen molar-refractivity contribution in [1.82, 2.24) is 5.32 Å². The third-order valence-electron chi connectivity index (χ3n) is 1.65. The summed E-state index contributed by atoms with van der Waals surface area (Å²) in [6, 6.07) is 0. The number of hydrogen-bond donors (Lipinski definition) is 2. The van der Waals surface area contributed by atoms with Crippen LogP contribution in [0.25, 0.3) is 0 Å². The average molecular weight is 241 g/mol. The van der Waals surface area contributed by atoms with Crippen LogP contribution in [0.3, 0.4) is 0 Å². The molecule has 3 N–H and O–H groups in total. The van der Waals surface area contributed by atoms with E-state index in [-0.39, 0.29) is 12.5 Å². The van der Waals surface area contributed by atoms with E-state index in [1.54, 1.807) is 0 Å². The van der Waals surface area contributed by atoms with Crippen LogP contribution in [0.4, 0.5) is 13.2 Å². The van der Waals surface area contributed by atoms with Gasteiger partial charge in [-0.3, -0.25) is 4.99 Å². The Hall–Kier alpha value is -0.980. The molecule has 0 saturated heterocycles. The number of guanidine groups is 1. The number of halogens is 3. The highest BCUT2D eigenvalue weighted by atomic mass is 19.4. The Morgan fingerprint density at radius 3 is 2.69 bits per heavy atom. The molecular weight excluding hydrogens is 223 g/mol. The fourth-order valence-corrected chi connectivity index (χ4v) is 0.899. The molecule has 96 valence electrons. The Bertz CT molecular complexity index is 207. The first kappa shape index (κ1) is 15.0. The van der Waals surface area contributed by atoms with Crippen LogP contribution in [0.15, 0.2) is 4.99 Å². The predicted molar refractivity (Wildman–Crippen MR) is 56.3 cm³/mol. The van der Waals surface area contributed by atoms with Crippen LogP contribution in [0, 0.1) is 0 Å². The summed E-state index contributed by atoms with van der Waals surface area (Å²) in [4.78, 5) is 3.85. The Morgan fingerprint density at radius 2 is 2.12 bits per heavy atom. The maximum Gasteiger partial charge on any atom is 0.390 e. The number of nitrogens with one attached hydrogen (secondary N) is 1. The summed E-state index contributed by atoms with van der Waals surface area (Å²) in [6.07, 6.45) is -4.38. The summed E-state index contributed by atoms with van der Waals surface area (Å²) in [5.41, 5.74) is 5.35. The summed E-state index contributed by atoms with van der Waals surface area (Å²) in [7, 11) is 0. The van der Waals surface area contributed by atoms with Gasteiger partial charge in [0, 0.05) is 26.3 Å². The molecule has 0 aromatic rings. The highest BCUT2D eigenvalue weighted by Crippen LogP contribution is 2.17. The van der Waals surface area contributed by atoms with Crippen LogP contribution >= 0.6 is 0 Å². The second-order valence-electron chi connectivity index (χ2n) is 3.11. The molecular formula is C9H18F3N3O. The van der Waals surface area contributed by atoms with E-state index in [2.05, 4.69) is 10.3 Å². The minimum absolute atomic E-state index is 0.0424. The van der Waals surface area contributed by atoms with Gasteiger partial charge in [-0.2, -0.15) is 13.2 Å². The normalized spacial score (nSPS) is 12.9. The lowest BCUT2D eigenvalue weighted by Gasteiger charge is -2.08. The van der Waals surface area contributed by atoms with Gasteiger partial charge >= 0.3 is 6.18 Å². The second-order valence-corrected chi connectivity index (χ2v) is 3.11. The van der Waals surface area contributed by atoms with Gasteiger partial charge in [0.2, 0.25) is 0 Å². The predicted octanol–water partition coefficient (Wildman–Crippen LogP) is 1.27. The van der Waals surface area contributed by atoms with Gasteiger partial charge in [-0.25, -0.2) is 0 Å². The van der Waals surface area contributed by atoms with Crippen LogP contribution in [0.2, 0.25) is 0 Å². The molecule has 0 amide bonds. The number of nitrogens with two attached hydrogens (primary N) is 1. The molecule has 0 aliphatic rings. The Kier molecular flexibility index (Phi) is 7.70. The average Bonchev–Trinajstić information content (AvgIpc) is 2.15. The molecule has 0 heterocycles. The Labute approximate surface area is 93.1 Å². The van der Waals surface area contributed by atoms with Crippen molar-refractivity contribution in [3.05, 3.63) is 0 Å². The van der Waals surface area contributed by atoms with Gasteiger partial charge < -0.3 is 15.8 Å². The van der Waals surface area contributed by atoms with Gasteiger partial charge in [0.05, 0.1) is 6.42 Å². The van der Waals surface area contributed by atoms with Gasteiger partial charge in [0.15, 0.2) is 5.96 Å². The number of alkyl halides is 3. The molecule has 0 aromatic heterocycles. The van der Waals surface area contributed by atoms with E-state index < -0.39 is 12.6 Å². The highest BCUT2D eigenvalue weighted by molar-refractivity contribution is 5.77. The van der Waals surface area contributed by atoms with E-state index in [9.17, 15) is 13.2 Å². The van der Waals surface area contributed by atoms with E-state index >= 15 is 0 Å².